The van der Waals surface area contributed by atoms with Gasteiger partial charge in [-0.15, -0.1) is 0 Å². The summed E-state index contributed by atoms with van der Waals surface area (Å²) in [5, 5.41) is 11.8. The molecular formula is C59H109NO8. The third kappa shape index (κ3) is 51.4. The third-order valence-electron chi connectivity index (χ3n) is 12.6. The van der Waals surface area contributed by atoms with Gasteiger partial charge in [0.15, 0.2) is 12.4 Å². The maximum atomic E-state index is 12.9. The molecule has 0 saturated carbocycles. The Hall–Kier alpha value is -2.49. The normalized spacial score (nSPS) is 13.0. The zero-order chi connectivity index (χ0) is 49.9. The number of ether oxygens (including phenoxy) is 4. The molecule has 0 aromatic heterocycles. The molecule has 0 aromatic rings. The number of quaternary nitrogens is 1. The Morgan fingerprint density at radius 3 is 1.18 bits per heavy atom. The topological polar surface area (TPSA) is 111 Å². The number of esters is 2. The van der Waals surface area contributed by atoms with Crippen molar-refractivity contribution in [3.63, 3.8) is 0 Å². The summed E-state index contributed by atoms with van der Waals surface area (Å²) in [6.07, 6.45) is 57.5. The molecule has 0 radical (unpaired) electrons. The molecule has 0 aliphatic carbocycles. The van der Waals surface area contributed by atoms with Gasteiger partial charge in [0, 0.05) is 12.8 Å². The molecule has 9 heteroatoms. The van der Waals surface area contributed by atoms with E-state index in [-0.39, 0.29) is 32.2 Å². The van der Waals surface area contributed by atoms with Crippen LogP contribution < -0.4 is 5.11 Å². The Balaban J connectivity index is 4.25. The van der Waals surface area contributed by atoms with Gasteiger partial charge in [-0.25, -0.2) is 0 Å². The summed E-state index contributed by atoms with van der Waals surface area (Å²) >= 11 is 0. The lowest BCUT2D eigenvalue weighted by Gasteiger charge is -2.26. The van der Waals surface area contributed by atoms with Gasteiger partial charge in [0.1, 0.15) is 13.2 Å². The number of carboxylic acids is 1. The molecule has 0 fully saturated rings. The molecule has 0 spiro atoms. The van der Waals surface area contributed by atoms with E-state index in [0.29, 0.717) is 23.9 Å². The van der Waals surface area contributed by atoms with E-state index in [9.17, 15) is 19.5 Å². The number of carbonyl (C=O) groups excluding carboxylic acids is 3. The van der Waals surface area contributed by atoms with Crippen LogP contribution in [0.2, 0.25) is 0 Å². The Kier molecular flexibility index (Phi) is 49.0. The van der Waals surface area contributed by atoms with Crippen molar-refractivity contribution in [2.75, 3.05) is 47.5 Å². The van der Waals surface area contributed by atoms with E-state index in [1.54, 1.807) is 0 Å². The van der Waals surface area contributed by atoms with Crippen molar-refractivity contribution in [1.29, 1.82) is 0 Å². The second-order valence-electron chi connectivity index (χ2n) is 20.6. The Morgan fingerprint density at radius 2 is 0.794 bits per heavy atom. The van der Waals surface area contributed by atoms with Crippen molar-refractivity contribution in [2.45, 2.75) is 277 Å². The Bertz CT molecular complexity index is 1210. The molecule has 0 rings (SSSR count). The molecule has 2 atom stereocenters. The summed E-state index contributed by atoms with van der Waals surface area (Å²) in [7, 11) is 5.92. The quantitative estimate of drug-likeness (QED) is 0.0195. The van der Waals surface area contributed by atoms with Crippen LogP contribution in [0.15, 0.2) is 36.5 Å². The van der Waals surface area contributed by atoms with Gasteiger partial charge in [0.05, 0.1) is 40.3 Å². The highest BCUT2D eigenvalue weighted by molar-refractivity contribution is 5.70. The molecule has 0 saturated heterocycles. The number of allylic oxidation sites excluding steroid dienone is 6. The minimum Gasteiger partial charge on any atom is -0.545 e. The first kappa shape index (κ1) is 65.5. The van der Waals surface area contributed by atoms with Crippen molar-refractivity contribution in [3.8, 4) is 0 Å². The van der Waals surface area contributed by atoms with Crippen LogP contribution >= 0.6 is 0 Å². The summed E-state index contributed by atoms with van der Waals surface area (Å²) in [4.78, 5) is 37.3. The van der Waals surface area contributed by atoms with E-state index < -0.39 is 24.3 Å². The molecular weight excluding hydrogens is 851 g/mol. The molecule has 9 nitrogen and oxygen atoms in total. The average Bonchev–Trinajstić information content (AvgIpc) is 3.30. The minimum absolute atomic E-state index is 0.148. The van der Waals surface area contributed by atoms with Crippen molar-refractivity contribution in [3.05, 3.63) is 36.5 Å². The second kappa shape index (κ2) is 50.9. The van der Waals surface area contributed by atoms with Crippen LogP contribution in [0, 0.1) is 0 Å². The van der Waals surface area contributed by atoms with Crippen LogP contribution in [0.3, 0.4) is 0 Å². The zero-order valence-electron chi connectivity index (χ0n) is 45.2. The highest BCUT2D eigenvalue weighted by Gasteiger charge is 2.22. The first-order valence-electron chi connectivity index (χ1n) is 28.6. The highest BCUT2D eigenvalue weighted by Crippen LogP contribution is 2.17. The predicted molar refractivity (Wildman–Crippen MR) is 283 cm³/mol. The third-order valence-corrected chi connectivity index (χ3v) is 12.6. The fourth-order valence-electron chi connectivity index (χ4n) is 8.19. The van der Waals surface area contributed by atoms with Gasteiger partial charge in [-0.3, -0.25) is 9.59 Å². The first-order chi connectivity index (χ1) is 33.1. The van der Waals surface area contributed by atoms with Crippen molar-refractivity contribution in [2.24, 2.45) is 0 Å². The lowest BCUT2D eigenvalue weighted by Crippen LogP contribution is -2.44. The van der Waals surface area contributed by atoms with E-state index in [1.165, 1.54) is 180 Å². The number of carboxylic acid groups (broad SMARTS) is 1. The number of rotatable bonds is 53. The molecule has 2 unspecified atom stereocenters. The lowest BCUT2D eigenvalue weighted by atomic mass is 10.0. The summed E-state index contributed by atoms with van der Waals surface area (Å²) in [6, 6.07) is 0. The van der Waals surface area contributed by atoms with Gasteiger partial charge in [0.25, 0.3) is 0 Å². The van der Waals surface area contributed by atoms with Crippen LogP contribution in [0.1, 0.15) is 264 Å². The molecule has 398 valence electrons. The van der Waals surface area contributed by atoms with Crippen LogP contribution in [0.4, 0.5) is 0 Å². The van der Waals surface area contributed by atoms with Crippen LogP contribution in [0.25, 0.3) is 0 Å². The molecule has 0 bridgehead atoms. The first-order valence-corrected chi connectivity index (χ1v) is 28.6. The Morgan fingerprint density at radius 1 is 0.441 bits per heavy atom. The van der Waals surface area contributed by atoms with Gasteiger partial charge in [-0.1, -0.05) is 237 Å². The van der Waals surface area contributed by atoms with Gasteiger partial charge < -0.3 is 33.3 Å². The number of nitrogens with zero attached hydrogens (tertiary/aromatic N) is 1. The molecule has 68 heavy (non-hydrogen) atoms. The number of hydrogen-bond acceptors (Lipinski definition) is 8. The summed E-state index contributed by atoms with van der Waals surface area (Å²) in [5.74, 6) is -2.27. The van der Waals surface area contributed by atoms with E-state index in [1.807, 2.05) is 21.1 Å². The fourth-order valence-corrected chi connectivity index (χ4v) is 8.19. The minimum atomic E-state index is -1.62. The van der Waals surface area contributed by atoms with Crippen LogP contribution in [-0.4, -0.2) is 82.3 Å². The second-order valence-corrected chi connectivity index (χ2v) is 20.6. The highest BCUT2D eigenvalue weighted by atomic mass is 16.7. The van der Waals surface area contributed by atoms with Crippen molar-refractivity contribution < 1.29 is 42.9 Å². The lowest BCUT2D eigenvalue weighted by molar-refractivity contribution is -0.870. The van der Waals surface area contributed by atoms with Crippen LogP contribution in [0.5, 0.6) is 0 Å². The Labute approximate surface area is 420 Å². The number of aliphatic carboxylic acids is 1. The largest absolute Gasteiger partial charge is 0.545 e. The van der Waals surface area contributed by atoms with Gasteiger partial charge in [0.2, 0.25) is 0 Å². The molecule has 0 N–H and O–H groups in total. The summed E-state index contributed by atoms with van der Waals surface area (Å²) in [6.45, 7) is 4.77. The predicted octanol–water partition coefficient (Wildman–Crippen LogP) is 15.2. The zero-order valence-corrected chi connectivity index (χ0v) is 45.2. The monoisotopic (exact) mass is 960 g/mol. The number of carbonyl (C=O) groups is 3. The number of likely N-dealkylation sites (N-methyl/N-ethyl adjacent to an activating group) is 1. The summed E-state index contributed by atoms with van der Waals surface area (Å²) < 4.78 is 22.7. The van der Waals surface area contributed by atoms with Gasteiger partial charge in [-0.05, 0) is 51.4 Å². The fraction of sp³-hybridized carbons (Fsp3) is 0.847. The average molecular weight is 961 g/mol. The standard InChI is InChI=1S/C59H109NO8/c1-6-8-10-12-14-16-18-20-22-24-26-27-28-29-30-31-32-34-36-38-40-42-44-46-48-50-57(62)68-55(54-67-59(58(63)64)65-52-51-60(3,4)5)53-66-56(61)49-47-45-43-41-39-37-35-33-25-23-21-19-17-15-13-11-9-7-2/h18,20,24,26,28-29,55,59H,6-17,19,21-23,25,27,30-54H2,1-5H3/b20-18-,26-24-,29-28-. The number of hydrogen-bond donors (Lipinski definition) is 0. The number of unbranched alkanes of at least 4 members (excludes halogenated alkanes) is 32. The molecule has 0 aliphatic rings. The van der Waals surface area contributed by atoms with Crippen LogP contribution in [-0.2, 0) is 33.3 Å². The maximum Gasteiger partial charge on any atom is 0.306 e. The molecule has 0 aliphatic heterocycles. The van der Waals surface area contributed by atoms with E-state index >= 15 is 0 Å². The SMILES string of the molecule is CCCCCCC/C=C\C/C=C\C/C=C\CCCCCCCCCCCCC(=O)OC(COC(=O)CCCCCCCCCCCCCCCCCCCC)COC(OCC[N+](C)(C)C)C(=O)[O-]. The maximum absolute atomic E-state index is 12.9. The van der Waals surface area contributed by atoms with Crippen molar-refractivity contribution >= 4 is 17.9 Å². The smallest absolute Gasteiger partial charge is 0.306 e. The molecule has 0 heterocycles. The molecule has 0 amide bonds. The summed E-state index contributed by atoms with van der Waals surface area (Å²) in [5.41, 5.74) is 0. The van der Waals surface area contributed by atoms with Crippen molar-refractivity contribution in [1.82, 2.24) is 0 Å². The molecule has 0 aromatic carbocycles. The van der Waals surface area contributed by atoms with Gasteiger partial charge >= 0.3 is 11.9 Å². The van der Waals surface area contributed by atoms with E-state index in [4.69, 9.17) is 18.9 Å². The van der Waals surface area contributed by atoms with Gasteiger partial charge in [-0.2, -0.15) is 0 Å². The van der Waals surface area contributed by atoms with E-state index in [2.05, 4.69) is 50.3 Å². The van der Waals surface area contributed by atoms with E-state index in [0.717, 1.165) is 51.4 Å².